The average molecular weight is 467 g/mol. The number of pyridine rings is 3. The molecule has 5 nitrogen and oxygen atoms in total. The van der Waals surface area contributed by atoms with Gasteiger partial charge in [0.25, 0.3) is 0 Å². The van der Waals surface area contributed by atoms with Crippen molar-refractivity contribution in [1.29, 1.82) is 0 Å². The molecule has 0 spiro atoms. The van der Waals surface area contributed by atoms with Crippen LogP contribution in [0, 0.1) is 23.5 Å². The van der Waals surface area contributed by atoms with Crippen molar-refractivity contribution in [3.63, 3.8) is 0 Å². The largest absolute Gasteiger partial charge is 0.477 e. The van der Waals surface area contributed by atoms with E-state index in [1.165, 1.54) is 24.3 Å². The van der Waals surface area contributed by atoms with Crippen molar-refractivity contribution in [1.82, 2.24) is 15.0 Å². The lowest BCUT2D eigenvalue weighted by Gasteiger charge is -2.25. The van der Waals surface area contributed by atoms with E-state index in [9.17, 15) is 27.5 Å². The average Bonchev–Trinajstić information content (AvgIpc) is 2.78. The summed E-state index contributed by atoms with van der Waals surface area (Å²) < 4.78 is 55.0. The molecule has 172 valence electrons. The smallest absolute Gasteiger partial charge is 0.354 e. The zero-order chi connectivity index (χ0) is 24.6. The molecule has 4 rings (SSSR count). The Hall–Kier alpha value is -4.14. The number of halogens is 4. The van der Waals surface area contributed by atoms with Crippen LogP contribution in [0.2, 0.25) is 0 Å². The number of benzene rings is 1. The molecular weight excluding hydrogens is 450 g/mol. The standard InChI is InChI=1S/C25H17F4N3O2/c1-25(2,20-5-3-4-18(30-20)17-6-7-22(28)32-23(17)29)21-11-14(10-19(31-21)24(33)34)13-8-15(26)12-16(27)9-13/h3-12H,1-2H3,(H,33,34). The maximum absolute atomic E-state index is 14.2. The number of carboxylic acids is 1. The third-order valence-corrected chi connectivity index (χ3v) is 5.36. The van der Waals surface area contributed by atoms with Gasteiger partial charge in [0.05, 0.1) is 22.6 Å². The molecule has 4 aromatic rings. The predicted molar refractivity (Wildman–Crippen MR) is 116 cm³/mol. The van der Waals surface area contributed by atoms with Gasteiger partial charge in [-0.25, -0.2) is 18.6 Å². The quantitative estimate of drug-likeness (QED) is 0.297. The lowest BCUT2D eigenvalue weighted by atomic mass is 9.83. The van der Waals surface area contributed by atoms with Crippen LogP contribution in [-0.2, 0) is 5.41 Å². The van der Waals surface area contributed by atoms with Crippen molar-refractivity contribution in [3.8, 4) is 22.4 Å². The van der Waals surface area contributed by atoms with Crippen LogP contribution in [0.1, 0.15) is 35.7 Å². The van der Waals surface area contributed by atoms with Crippen molar-refractivity contribution < 1.29 is 27.5 Å². The number of nitrogens with zero attached hydrogens (tertiary/aromatic N) is 3. The van der Waals surface area contributed by atoms with Crippen molar-refractivity contribution in [2.24, 2.45) is 0 Å². The molecule has 34 heavy (non-hydrogen) atoms. The van der Waals surface area contributed by atoms with E-state index in [-0.39, 0.29) is 33.8 Å². The lowest BCUT2D eigenvalue weighted by molar-refractivity contribution is 0.0690. The molecule has 0 bridgehead atoms. The number of rotatable bonds is 5. The normalized spacial score (nSPS) is 11.5. The minimum Gasteiger partial charge on any atom is -0.477 e. The Morgan fingerprint density at radius 3 is 2.12 bits per heavy atom. The summed E-state index contributed by atoms with van der Waals surface area (Å²) in [4.78, 5) is 23.6. The van der Waals surface area contributed by atoms with Gasteiger partial charge in [-0.1, -0.05) is 6.07 Å². The highest BCUT2D eigenvalue weighted by Crippen LogP contribution is 2.34. The fourth-order valence-electron chi connectivity index (χ4n) is 3.51. The molecule has 1 N–H and O–H groups in total. The first-order valence-corrected chi connectivity index (χ1v) is 10.1. The molecule has 0 aliphatic heterocycles. The van der Waals surface area contributed by atoms with E-state index in [2.05, 4.69) is 15.0 Å². The minimum atomic E-state index is -1.32. The van der Waals surface area contributed by atoms with Crippen LogP contribution in [0.25, 0.3) is 22.4 Å². The monoisotopic (exact) mass is 467 g/mol. The predicted octanol–water partition coefficient (Wildman–Crippen LogP) is 5.79. The van der Waals surface area contributed by atoms with Gasteiger partial charge in [0.1, 0.15) is 17.3 Å². The molecule has 3 heterocycles. The second-order valence-corrected chi connectivity index (χ2v) is 8.09. The number of aromatic nitrogens is 3. The van der Waals surface area contributed by atoms with Crippen LogP contribution >= 0.6 is 0 Å². The van der Waals surface area contributed by atoms with Crippen LogP contribution in [-0.4, -0.2) is 26.0 Å². The van der Waals surface area contributed by atoms with Gasteiger partial charge in [-0.2, -0.15) is 13.8 Å². The molecule has 0 unspecified atom stereocenters. The van der Waals surface area contributed by atoms with Gasteiger partial charge in [0, 0.05) is 11.5 Å². The lowest BCUT2D eigenvalue weighted by Crippen LogP contribution is -2.23. The Balaban J connectivity index is 1.85. The van der Waals surface area contributed by atoms with E-state index >= 15 is 0 Å². The van der Waals surface area contributed by atoms with Crippen LogP contribution < -0.4 is 0 Å². The molecule has 0 radical (unpaired) electrons. The highest BCUT2D eigenvalue weighted by atomic mass is 19.1. The Bertz CT molecular complexity index is 1400. The van der Waals surface area contributed by atoms with Crippen LogP contribution in [0.4, 0.5) is 17.6 Å². The molecule has 1 aromatic carbocycles. The Morgan fingerprint density at radius 2 is 1.47 bits per heavy atom. The molecule has 0 saturated carbocycles. The van der Waals surface area contributed by atoms with E-state index in [0.29, 0.717) is 11.8 Å². The second kappa shape index (κ2) is 8.66. The third-order valence-electron chi connectivity index (χ3n) is 5.36. The zero-order valence-electron chi connectivity index (χ0n) is 18.0. The molecule has 0 saturated heterocycles. The number of hydrogen-bond acceptors (Lipinski definition) is 4. The third kappa shape index (κ3) is 4.50. The Morgan fingerprint density at radius 1 is 0.794 bits per heavy atom. The molecule has 3 aromatic heterocycles. The van der Waals surface area contributed by atoms with Crippen LogP contribution in [0.3, 0.4) is 0 Å². The van der Waals surface area contributed by atoms with Crippen molar-refractivity contribution in [3.05, 3.63) is 101 Å². The zero-order valence-corrected chi connectivity index (χ0v) is 18.0. The van der Waals surface area contributed by atoms with E-state index in [0.717, 1.165) is 18.2 Å². The van der Waals surface area contributed by atoms with Crippen LogP contribution in [0.5, 0.6) is 0 Å². The minimum absolute atomic E-state index is 0.0118. The molecule has 0 aliphatic carbocycles. The number of aromatic carboxylic acids is 1. The number of carbonyl (C=O) groups is 1. The van der Waals surface area contributed by atoms with E-state index in [1.807, 2.05) is 0 Å². The van der Waals surface area contributed by atoms with Crippen molar-refractivity contribution >= 4 is 5.97 Å². The van der Waals surface area contributed by atoms with Crippen LogP contribution in [0.15, 0.2) is 60.7 Å². The second-order valence-electron chi connectivity index (χ2n) is 8.09. The van der Waals surface area contributed by atoms with Gasteiger partial charge < -0.3 is 5.11 Å². The Labute approximate surface area is 191 Å². The van der Waals surface area contributed by atoms with Gasteiger partial charge in [0.2, 0.25) is 11.9 Å². The Kier molecular flexibility index (Phi) is 5.87. The molecule has 0 amide bonds. The first-order chi connectivity index (χ1) is 16.0. The molecule has 0 atom stereocenters. The molecule has 0 fully saturated rings. The maximum Gasteiger partial charge on any atom is 0.354 e. The summed E-state index contributed by atoms with van der Waals surface area (Å²) >= 11 is 0. The summed E-state index contributed by atoms with van der Waals surface area (Å²) in [5, 5.41) is 9.57. The topological polar surface area (TPSA) is 76.0 Å². The number of carboxylic acid groups (broad SMARTS) is 1. The fraction of sp³-hybridized carbons (Fsp3) is 0.120. The number of hydrogen-bond donors (Lipinski definition) is 1. The van der Waals surface area contributed by atoms with E-state index in [1.54, 1.807) is 26.0 Å². The van der Waals surface area contributed by atoms with Gasteiger partial charge in [-0.3, -0.25) is 4.98 Å². The van der Waals surface area contributed by atoms with Gasteiger partial charge in [-0.15, -0.1) is 0 Å². The van der Waals surface area contributed by atoms with E-state index in [4.69, 9.17) is 0 Å². The maximum atomic E-state index is 14.2. The summed E-state index contributed by atoms with van der Waals surface area (Å²) in [5.74, 6) is -4.93. The van der Waals surface area contributed by atoms with Crippen molar-refractivity contribution in [2.75, 3.05) is 0 Å². The highest BCUT2D eigenvalue weighted by Gasteiger charge is 2.29. The molecule has 9 heteroatoms. The highest BCUT2D eigenvalue weighted by molar-refractivity contribution is 5.87. The summed E-state index contributed by atoms with van der Waals surface area (Å²) in [5.41, 5.74) is -0.102. The first kappa shape index (κ1) is 23.0. The van der Waals surface area contributed by atoms with E-state index < -0.39 is 34.9 Å². The summed E-state index contributed by atoms with van der Waals surface area (Å²) in [6.45, 7) is 3.45. The summed E-state index contributed by atoms with van der Waals surface area (Å²) in [6, 6.07) is 12.7. The summed E-state index contributed by atoms with van der Waals surface area (Å²) in [7, 11) is 0. The molecular formula is C25H17F4N3O2. The SMILES string of the molecule is CC(C)(c1cc(-c2cc(F)cc(F)c2)cc(C(=O)O)n1)c1cccc(-c2ccc(F)nc2F)n1. The fourth-order valence-corrected chi connectivity index (χ4v) is 3.51. The van der Waals surface area contributed by atoms with Gasteiger partial charge in [0.15, 0.2) is 0 Å². The van der Waals surface area contributed by atoms with Gasteiger partial charge in [-0.05, 0) is 73.5 Å². The van der Waals surface area contributed by atoms with Crippen molar-refractivity contribution in [2.45, 2.75) is 19.3 Å². The molecule has 0 aliphatic rings. The summed E-state index contributed by atoms with van der Waals surface area (Å²) in [6.07, 6.45) is 0. The first-order valence-electron chi connectivity index (χ1n) is 10.1. The van der Waals surface area contributed by atoms with Gasteiger partial charge >= 0.3 is 5.97 Å².